The molecule has 1 atom stereocenters. The lowest BCUT2D eigenvalue weighted by Gasteiger charge is -2.26. The Morgan fingerprint density at radius 3 is 2.82 bits per heavy atom. The zero-order chi connectivity index (χ0) is 31.0. The first-order valence-corrected chi connectivity index (χ1v) is 15.0. The molecule has 0 fully saturated rings. The minimum atomic E-state index is -0.750. The number of fused-ring (bicyclic) bond motifs is 2. The number of hydrogen-bond donors (Lipinski definition) is 2. The Hall–Kier alpha value is -4.87. The van der Waals surface area contributed by atoms with Crippen molar-refractivity contribution >= 4 is 39.2 Å². The quantitative estimate of drug-likeness (QED) is 0.135. The second-order valence-corrected chi connectivity index (χ2v) is 11.5. The highest BCUT2D eigenvalue weighted by Crippen LogP contribution is 2.46. The highest BCUT2D eigenvalue weighted by molar-refractivity contribution is 7.17. The van der Waals surface area contributed by atoms with Gasteiger partial charge in [0.15, 0.2) is 0 Å². The van der Waals surface area contributed by atoms with Crippen molar-refractivity contribution in [2.24, 2.45) is 4.99 Å². The van der Waals surface area contributed by atoms with Crippen molar-refractivity contribution in [2.45, 2.75) is 26.1 Å². The fourth-order valence-electron chi connectivity index (χ4n) is 5.43. The van der Waals surface area contributed by atoms with Gasteiger partial charge in [0.25, 0.3) is 0 Å². The molecule has 3 N–H and O–H groups in total. The van der Waals surface area contributed by atoms with Crippen molar-refractivity contribution in [3.8, 4) is 39.5 Å². The fraction of sp³-hybridized carbons (Fsp3) is 0.212. The Balaban J connectivity index is 1.61. The van der Waals surface area contributed by atoms with E-state index in [1.807, 2.05) is 40.4 Å². The predicted molar refractivity (Wildman–Crippen MR) is 172 cm³/mol. The van der Waals surface area contributed by atoms with E-state index in [9.17, 15) is 9.90 Å². The lowest BCUT2D eigenvalue weighted by atomic mass is 9.95. The number of nitrogen functional groups attached to an aromatic ring is 1. The summed E-state index contributed by atoms with van der Waals surface area (Å²) in [5, 5.41) is 17.5. The molecule has 2 aromatic carbocycles. The van der Waals surface area contributed by atoms with Crippen LogP contribution in [0.25, 0.3) is 43.9 Å². The molecule has 0 spiro atoms. The smallest absolute Gasteiger partial charge is 0.246 e. The molecule has 6 rings (SSSR count). The van der Waals surface area contributed by atoms with Crippen LogP contribution in [0.3, 0.4) is 0 Å². The number of carbonyl (C=O) groups is 1. The van der Waals surface area contributed by atoms with Gasteiger partial charge in [0.05, 0.1) is 40.8 Å². The number of pyridine rings is 1. The predicted octanol–water partition coefficient (Wildman–Crippen LogP) is 5.55. The zero-order valence-corrected chi connectivity index (χ0v) is 25.1. The largest absolute Gasteiger partial charge is 0.490 e. The third-order valence-electron chi connectivity index (χ3n) is 7.47. The molecular weight excluding hydrogens is 579 g/mol. The number of anilines is 1. The van der Waals surface area contributed by atoms with Crippen LogP contribution in [0.1, 0.15) is 18.2 Å². The van der Waals surface area contributed by atoms with Crippen LogP contribution in [-0.4, -0.2) is 63.2 Å². The molecule has 0 bridgehead atoms. The van der Waals surface area contributed by atoms with E-state index in [0.717, 1.165) is 26.9 Å². The van der Waals surface area contributed by atoms with Crippen LogP contribution >= 0.6 is 11.3 Å². The molecule has 11 heteroatoms. The Bertz CT molecular complexity index is 1930. The van der Waals surface area contributed by atoms with Gasteiger partial charge in [-0.05, 0) is 48.7 Å². The van der Waals surface area contributed by atoms with E-state index >= 15 is 4.39 Å². The van der Waals surface area contributed by atoms with Gasteiger partial charge >= 0.3 is 0 Å². The molecule has 4 heterocycles. The maximum atomic E-state index is 15.9. The van der Waals surface area contributed by atoms with Gasteiger partial charge in [-0.3, -0.25) is 14.5 Å². The third-order valence-corrected chi connectivity index (χ3v) is 8.39. The molecule has 0 aliphatic carbocycles. The fourth-order valence-corrected chi connectivity index (χ4v) is 6.34. The first-order valence-electron chi connectivity index (χ1n) is 14.1. The minimum absolute atomic E-state index is 0.0112. The monoisotopic (exact) mass is 610 g/mol. The number of rotatable bonds is 8. The Kier molecular flexibility index (Phi) is 7.98. The topological polar surface area (TPSA) is 119 Å². The molecule has 1 unspecified atom stereocenters. The van der Waals surface area contributed by atoms with Crippen LogP contribution in [0.4, 0.5) is 10.1 Å². The van der Waals surface area contributed by atoms with E-state index < -0.39 is 11.9 Å². The molecule has 0 radical (unpaired) electrons. The van der Waals surface area contributed by atoms with Crippen molar-refractivity contribution in [2.75, 3.05) is 25.9 Å². The number of nitrogens with zero attached hydrogens (tertiary/aromatic N) is 5. The van der Waals surface area contributed by atoms with Crippen molar-refractivity contribution in [1.82, 2.24) is 19.7 Å². The second kappa shape index (κ2) is 12.0. The number of nitrogens with two attached hydrogens (primary N) is 1. The van der Waals surface area contributed by atoms with Crippen LogP contribution in [-0.2, 0) is 17.9 Å². The first-order chi connectivity index (χ1) is 21.3. The van der Waals surface area contributed by atoms with E-state index in [1.54, 1.807) is 37.2 Å². The highest BCUT2D eigenvalue weighted by Gasteiger charge is 2.28. The van der Waals surface area contributed by atoms with E-state index in [4.69, 9.17) is 20.6 Å². The number of aromatic nitrogens is 3. The molecule has 1 aliphatic heterocycles. The van der Waals surface area contributed by atoms with Gasteiger partial charge in [-0.2, -0.15) is 5.10 Å². The summed E-state index contributed by atoms with van der Waals surface area (Å²) < 4.78 is 24.5. The summed E-state index contributed by atoms with van der Waals surface area (Å²) in [6, 6.07) is 14.2. The molecule has 0 saturated carbocycles. The molecule has 44 heavy (non-hydrogen) atoms. The SMILES string of the molecule is C=CC(=O)N1CCn2nc(-c3nc(-c4ccc(C=NC)c(N)c4)c4sccc4c3-c3c(F)cccc3OCC(C)O)cc2C1. The molecule has 0 saturated heterocycles. The number of aliphatic hydroxyl groups is 1. The molecule has 1 aliphatic rings. The Labute approximate surface area is 257 Å². The molecular formula is C33H31FN6O3S. The molecule has 5 aromatic rings. The van der Waals surface area contributed by atoms with Gasteiger partial charge in [-0.25, -0.2) is 9.37 Å². The summed E-state index contributed by atoms with van der Waals surface area (Å²) in [6.07, 6.45) is 2.25. The van der Waals surface area contributed by atoms with Crippen LogP contribution in [0.2, 0.25) is 0 Å². The normalized spacial score (nSPS) is 13.8. The maximum Gasteiger partial charge on any atom is 0.246 e. The van der Waals surface area contributed by atoms with Crippen LogP contribution in [0, 0.1) is 5.82 Å². The third kappa shape index (κ3) is 5.36. The summed E-state index contributed by atoms with van der Waals surface area (Å²) in [4.78, 5) is 23.3. The minimum Gasteiger partial charge on any atom is -0.490 e. The van der Waals surface area contributed by atoms with Crippen molar-refractivity contribution in [3.63, 3.8) is 0 Å². The summed E-state index contributed by atoms with van der Waals surface area (Å²) in [5.74, 6) is -0.357. The van der Waals surface area contributed by atoms with Gasteiger partial charge in [0, 0.05) is 47.6 Å². The van der Waals surface area contributed by atoms with E-state index in [2.05, 4.69) is 11.6 Å². The molecule has 224 valence electrons. The van der Waals surface area contributed by atoms with E-state index in [0.29, 0.717) is 48.0 Å². The Morgan fingerprint density at radius 1 is 1.23 bits per heavy atom. The molecule has 3 aromatic heterocycles. The number of hydrogen-bond acceptors (Lipinski definition) is 8. The van der Waals surface area contributed by atoms with Crippen LogP contribution in [0.15, 0.2) is 71.6 Å². The van der Waals surface area contributed by atoms with Crippen molar-refractivity contribution in [1.29, 1.82) is 0 Å². The second-order valence-electron chi connectivity index (χ2n) is 10.6. The van der Waals surface area contributed by atoms with Gasteiger partial charge in [-0.1, -0.05) is 24.8 Å². The lowest BCUT2D eigenvalue weighted by Crippen LogP contribution is -2.37. The average Bonchev–Trinajstić information content (AvgIpc) is 3.67. The highest BCUT2D eigenvalue weighted by atomic mass is 32.1. The number of halogens is 1. The number of benzene rings is 2. The first kappa shape index (κ1) is 29.2. The maximum absolute atomic E-state index is 15.9. The number of amides is 1. The summed E-state index contributed by atoms with van der Waals surface area (Å²) in [5.41, 5.74) is 11.8. The number of ether oxygens (including phenoxy) is 1. The molecule has 9 nitrogen and oxygen atoms in total. The standard InChI is InChI=1S/C33H31FN6O3S/c1-4-28(42)39-11-12-40-22(17-39)15-26(38-40)32-29(30-24(34)6-5-7-27(30)43-18-19(2)41)23-10-13-44-33(23)31(37-32)20-8-9-21(16-36-3)25(35)14-20/h4-10,13-16,19,41H,1,11-12,17-18,35H2,2-3H3. The van der Waals surface area contributed by atoms with Gasteiger partial charge in [0.1, 0.15) is 29.6 Å². The number of carbonyl (C=O) groups excluding carboxylic acids is 1. The Morgan fingerprint density at radius 2 is 2.07 bits per heavy atom. The number of thiophene rings is 1. The van der Waals surface area contributed by atoms with Crippen molar-refractivity contribution < 1.29 is 19.0 Å². The zero-order valence-electron chi connectivity index (χ0n) is 24.3. The van der Waals surface area contributed by atoms with Gasteiger partial charge < -0.3 is 20.5 Å². The summed E-state index contributed by atoms with van der Waals surface area (Å²) in [6.45, 7) is 6.56. The van der Waals surface area contributed by atoms with E-state index in [-0.39, 0.29) is 23.8 Å². The van der Waals surface area contributed by atoms with Crippen LogP contribution < -0.4 is 10.5 Å². The summed E-state index contributed by atoms with van der Waals surface area (Å²) in [7, 11) is 1.69. The summed E-state index contributed by atoms with van der Waals surface area (Å²) >= 11 is 1.49. The molecule has 1 amide bonds. The average molecular weight is 611 g/mol. The van der Waals surface area contributed by atoms with Crippen molar-refractivity contribution in [3.05, 3.63) is 83.6 Å². The van der Waals surface area contributed by atoms with Gasteiger partial charge in [0.2, 0.25) is 5.91 Å². The van der Waals surface area contributed by atoms with E-state index in [1.165, 1.54) is 23.5 Å². The van der Waals surface area contributed by atoms with Crippen LogP contribution in [0.5, 0.6) is 5.75 Å². The number of aliphatic hydroxyl groups excluding tert-OH is 1. The lowest BCUT2D eigenvalue weighted by molar-refractivity contribution is -0.127. The number of aliphatic imine (C=N–C) groups is 1. The van der Waals surface area contributed by atoms with Gasteiger partial charge in [-0.15, -0.1) is 11.3 Å².